The summed E-state index contributed by atoms with van der Waals surface area (Å²) in [5.41, 5.74) is 3.57. The fourth-order valence-corrected chi connectivity index (χ4v) is 6.10. The molecule has 2 aromatic heterocycles. The molecule has 0 bridgehead atoms. The van der Waals surface area contributed by atoms with Crippen LogP contribution in [0.25, 0.3) is 0 Å². The number of nitrogens with zero attached hydrogens (tertiary/aromatic N) is 2. The highest BCUT2D eigenvalue weighted by Crippen LogP contribution is 2.43. The molecule has 0 amide bonds. The van der Waals surface area contributed by atoms with E-state index in [0.29, 0.717) is 31.0 Å². The van der Waals surface area contributed by atoms with Gasteiger partial charge in [-0.05, 0) is 55.5 Å². The van der Waals surface area contributed by atoms with Crippen molar-refractivity contribution in [1.82, 2.24) is 0 Å². The summed E-state index contributed by atoms with van der Waals surface area (Å²) in [6.07, 6.45) is 4.85. The van der Waals surface area contributed by atoms with Crippen LogP contribution in [-0.2, 0) is 10.1 Å². The zero-order chi connectivity index (χ0) is 41.2. The van der Waals surface area contributed by atoms with Crippen LogP contribution in [0.15, 0.2) is 140 Å². The predicted octanol–water partition coefficient (Wildman–Crippen LogP) is 5.83. The third-order valence-electron chi connectivity index (χ3n) is 8.76. The Hall–Kier alpha value is -5.16. The van der Waals surface area contributed by atoms with Gasteiger partial charge in [0, 0.05) is 56.6 Å². The molecule has 0 aliphatic heterocycles. The normalized spacial score (nSPS) is 11.2. The van der Waals surface area contributed by atoms with Gasteiger partial charge in [0.1, 0.15) is 0 Å². The van der Waals surface area contributed by atoms with Crippen LogP contribution in [0.4, 0.5) is 0 Å². The van der Waals surface area contributed by atoms with Crippen molar-refractivity contribution in [3.05, 3.63) is 168 Å². The number of ketones is 2. The maximum absolute atomic E-state index is 12.1. The van der Waals surface area contributed by atoms with Crippen molar-refractivity contribution in [2.45, 2.75) is 73.6 Å². The smallest absolute Gasteiger partial charge is 0.300 e. The van der Waals surface area contributed by atoms with E-state index in [1.807, 2.05) is 134 Å². The number of pyridine rings is 2. The maximum atomic E-state index is 12.1. The predicted molar refractivity (Wildman–Crippen MR) is 215 cm³/mol. The molecule has 0 saturated carbocycles. The van der Waals surface area contributed by atoms with Crippen LogP contribution in [0.2, 0.25) is 0 Å². The standard InChI is InChI=1S/C22H21BO3.2C12H18NO2/c24-23(25)26-18-10-17-22(19-11-4-1-5-12-19,20-13-6-2-7-14-20)21-15-8-3-9-16-21;2*1-5-15-13-9-7-6-8-10(13)11(14)12(2,3)4/h1-9,11-16H,10,17-18H2;2*6-9H,5H2,1-4H3/q-2;2*+1. The average molecular weight is 761 g/mol. The van der Waals surface area contributed by atoms with Crippen LogP contribution in [0.5, 0.6) is 0 Å². The van der Waals surface area contributed by atoms with Gasteiger partial charge in [-0.15, -0.1) is 0 Å². The van der Waals surface area contributed by atoms with E-state index in [1.165, 1.54) is 26.2 Å². The number of carbonyl (C=O) groups is 2. The lowest BCUT2D eigenvalue weighted by Gasteiger charge is -2.37. The van der Waals surface area contributed by atoms with Crippen molar-refractivity contribution >= 4 is 18.9 Å². The molecule has 0 unspecified atom stereocenters. The molecule has 10 heteroatoms. The molecule has 5 rings (SSSR count). The number of carbonyl (C=O) groups excluding carboxylic acids is 2. The molecule has 0 atom stereocenters. The van der Waals surface area contributed by atoms with Gasteiger partial charge in [-0.1, -0.05) is 133 Å². The number of aromatic nitrogens is 2. The van der Waals surface area contributed by atoms with Gasteiger partial charge in [-0.2, -0.15) is 0 Å². The summed E-state index contributed by atoms with van der Waals surface area (Å²) in [6, 6.07) is 42.0. The van der Waals surface area contributed by atoms with E-state index in [2.05, 4.69) is 36.4 Å². The van der Waals surface area contributed by atoms with E-state index in [-0.39, 0.29) is 34.4 Å². The molecule has 5 aromatic rings. The SMILES string of the molecule is CCO[n+]1ccccc1C(=O)C(C)(C)C.CCO[n+]1ccccc1C(=O)C(C)(C)C.[O-]B([O-])OCCCC(c1ccccc1)(c1ccccc1)c1ccccc1. The highest BCUT2D eigenvalue weighted by Gasteiger charge is 2.36. The van der Waals surface area contributed by atoms with Gasteiger partial charge < -0.3 is 14.7 Å². The third-order valence-corrected chi connectivity index (χ3v) is 8.76. The number of rotatable bonds is 14. The summed E-state index contributed by atoms with van der Waals surface area (Å²) >= 11 is 0. The molecule has 0 radical (unpaired) electrons. The van der Waals surface area contributed by atoms with E-state index in [0.717, 1.165) is 6.42 Å². The number of benzene rings is 3. The second-order valence-electron chi connectivity index (χ2n) is 15.1. The van der Waals surface area contributed by atoms with E-state index in [1.54, 1.807) is 24.5 Å². The largest absolute Gasteiger partial charge is 0.871 e. The van der Waals surface area contributed by atoms with Crippen molar-refractivity contribution < 1.29 is 43.4 Å². The lowest BCUT2D eigenvalue weighted by molar-refractivity contribution is -0.892. The molecule has 0 fully saturated rings. The van der Waals surface area contributed by atoms with Crippen molar-refractivity contribution in [1.29, 1.82) is 0 Å². The minimum Gasteiger partial charge on any atom is -0.871 e. The van der Waals surface area contributed by atoms with Crippen LogP contribution in [0, 0.1) is 10.8 Å². The molecule has 0 N–H and O–H groups in total. The topological polar surface area (TPSA) is 116 Å². The molecular formula is C46H57BN2O7. The molecule has 0 spiro atoms. The lowest BCUT2D eigenvalue weighted by atomic mass is 9.67. The monoisotopic (exact) mass is 760 g/mol. The molecule has 9 nitrogen and oxygen atoms in total. The van der Waals surface area contributed by atoms with Gasteiger partial charge in [0.25, 0.3) is 0 Å². The Bertz CT molecular complexity index is 1740. The Morgan fingerprint density at radius 3 is 1.20 bits per heavy atom. The second-order valence-corrected chi connectivity index (χ2v) is 15.1. The molecule has 56 heavy (non-hydrogen) atoms. The zero-order valence-electron chi connectivity index (χ0n) is 34.1. The second kappa shape index (κ2) is 21.8. The van der Waals surface area contributed by atoms with E-state index < -0.39 is 7.32 Å². The van der Waals surface area contributed by atoms with Gasteiger partial charge in [0.2, 0.25) is 24.0 Å². The molecular weight excluding hydrogens is 703 g/mol. The summed E-state index contributed by atoms with van der Waals surface area (Å²) in [6.45, 7) is 16.4. The Kier molecular flexibility index (Phi) is 17.6. The van der Waals surface area contributed by atoms with E-state index in [4.69, 9.17) is 14.3 Å². The van der Waals surface area contributed by atoms with Crippen molar-refractivity contribution in [3.63, 3.8) is 0 Å². The summed E-state index contributed by atoms with van der Waals surface area (Å²) < 4.78 is 7.80. The van der Waals surface area contributed by atoms with Gasteiger partial charge in [0.15, 0.2) is 13.2 Å². The fraction of sp³-hybridized carbons (Fsp3) is 0.348. The highest BCUT2D eigenvalue weighted by molar-refractivity contribution is 6.28. The first-order valence-corrected chi connectivity index (χ1v) is 19.1. The maximum Gasteiger partial charge on any atom is 0.300 e. The lowest BCUT2D eigenvalue weighted by Crippen LogP contribution is -2.49. The summed E-state index contributed by atoms with van der Waals surface area (Å²) in [7, 11) is -2.23. The Balaban J connectivity index is 0.000000241. The van der Waals surface area contributed by atoms with Gasteiger partial charge in [0.05, 0.1) is 7.32 Å². The molecule has 2 heterocycles. The van der Waals surface area contributed by atoms with Gasteiger partial charge >= 0.3 is 11.4 Å². The first-order valence-electron chi connectivity index (χ1n) is 19.1. The summed E-state index contributed by atoms with van der Waals surface area (Å²) in [4.78, 5) is 34.8. The molecule has 3 aromatic carbocycles. The van der Waals surface area contributed by atoms with Crippen molar-refractivity contribution in [2.24, 2.45) is 10.8 Å². The number of hydrogen-bond acceptors (Lipinski definition) is 7. The minimum atomic E-state index is -2.23. The van der Waals surface area contributed by atoms with Crippen molar-refractivity contribution in [3.8, 4) is 0 Å². The first kappa shape index (κ1) is 45.2. The van der Waals surface area contributed by atoms with Crippen LogP contribution < -0.4 is 29.2 Å². The van der Waals surface area contributed by atoms with Crippen LogP contribution in [0.3, 0.4) is 0 Å². The average Bonchev–Trinajstić information content (AvgIpc) is 3.19. The van der Waals surface area contributed by atoms with E-state index in [9.17, 15) is 19.6 Å². The summed E-state index contributed by atoms with van der Waals surface area (Å²) in [5.74, 6) is 0.160. The van der Waals surface area contributed by atoms with Crippen LogP contribution in [0.1, 0.15) is 106 Å². The Morgan fingerprint density at radius 1 is 0.554 bits per heavy atom. The zero-order valence-corrected chi connectivity index (χ0v) is 34.1. The minimum absolute atomic E-state index is 0.0801. The molecule has 0 aliphatic carbocycles. The Morgan fingerprint density at radius 2 is 0.893 bits per heavy atom. The van der Waals surface area contributed by atoms with E-state index >= 15 is 0 Å². The number of hydrogen-bond donors (Lipinski definition) is 0. The quantitative estimate of drug-likeness (QED) is 0.0461. The summed E-state index contributed by atoms with van der Waals surface area (Å²) in [5, 5.41) is 21.4. The van der Waals surface area contributed by atoms with Gasteiger partial charge in [-0.3, -0.25) is 19.3 Å². The number of Topliss-reactive ketones (excluding diaryl/α,β-unsaturated/α-hetero) is 2. The highest BCUT2D eigenvalue weighted by atomic mass is 16.7. The van der Waals surface area contributed by atoms with Crippen LogP contribution in [-0.4, -0.2) is 38.7 Å². The van der Waals surface area contributed by atoms with Gasteiger partial charge in [-0.25, -0.2) is 0 Å². The molecule has 0 aliphatic rings. The van der Waals surface area contributed by atoms with Crippen molar-refractivity contribution in [2.75, 3.05) is 19.8 Å². The molecule has 296 valence electrons. The van der Waals surface area contributed by atoms with Crippen LogP contribution >= 0.6 is 0 Å². The fourth-order valence-electron chi connectivity index (χ4n) is 6.10. The first-order chi connectivity index (χ1) is 26.7. The third kappa shape index (κ3) is 13.0. The molecule has 0 saturated heterocycles. The Labute approximate surface area is 333 Å².